The molecule has 1 saturated carbocycles. The number of thiazole rings is 1. The summed E-state index contributed by atoms with van der Waals surface area (Å²) in [6.07, 6.45) is 2.33. The molecule has 0 amide bonds. The Kier molecular flexibility index (Phi) is 10.5. The predicted octanol–water partition coefficient (Wildman–Crippen LogP) is 4.24. The second-order valence-corrected chi connectivity index (χ2v) is 9.78. The Balaban J connectivity index is 0.00000320. The highest BCUT2D eigenvalue weighted by atomic mass is 127. The van der Waals surface area contributed by atoms with Crippen LogP contribution in [-0.4, -0.2) is 66.1 Å². The lowest BCUT2D eigenvalue weighted by Gasteiger charge is -2.48. The Labute approximate surface area is 202 Å². The number of aromatic nitrogens is 1. The summed E-state index contributed by atoms with van der Waals surface area (Å²) in [5.41, 5.74) is -0.618. The van der Waals surface area contributed by atoms with Crippen LogP contribution in [0, 0.1) is 0 Å². The van der Waals surface area contributed by atoms with Crippen LogP contribution in [0.1, 0.15) is 42.8 Å². The minimum absolute atomic E-state index is 0. The second-order valence-electron chi connectivity index (χ2n) is 7.61. The van der Waals surface area contributed by atoms with Crippen LogP contribution in [0.2, 0.25) is 0 Å². The summed E-state index contributed by atoms with van der Waals surface area (Å²) in [5.74, 6) is 3.10. The van der Waals surface area contributed by atoms with Crippen molar-refractivity contribution < 1.29 is 13.2 Å². The Morgan fingerprint density at radius 2 is 1.90 bits per heavy atom. The van der Waals surface area contributed by atoms with Crippen LogP contribution < -0.4 is 10.6 Å². The first kappa shape index (κ1) is 26.0. The number of aliphatic imine (C=N–C) groups is 1. The summed E-state index contributed by atoms with van der Waals surface area (Å²) in [6.45, 7) is 3.64. The molecule has 1 aliphatic heterocycles. The molecule has 2 aliphatic rings. The first-order chi connectivity index (χ1) is 13.9. The maximum absolute atomic E-state index is 12.7. The minimum Gasteiger partial charge on any atom is -0.356 e. The molecule has 0 atom stereocenters. The molecule has 2 heterocycles. The normalized spacial score (nSPS) is 20.5. The smallest absolute Gasteiger partial charge is 0.356 e. The number of rotatable bonds is 6. The Hall–Kier alpha value is -0.270. The van der Waals surface area contributed by atoms with Crippen molar-refractivity contribution in [2.75, 3.05) is 44.7 Å². The van der Waals surface area contributed by atoms with Crippen LogP contribution in [0.25, 0.3) is 0 Å². The standard InChI is InChI=1S/C19H30F3N5S2.HI/c1-23-17(24-8-5-16-26-15(13-29-16)19(20,21)22)25-14-18(6-3-2-4-7-18)27-9-11-28-12-10-27;/h13H,2-12,14H2,1H3,(H2,23,24,25);1H. The number of nitrogens with one attached hydrogen (secondary N) is 2. The fraction of sp³-hybridized carbons (Fsp3) is 0.789. The number of guanidine groups is 1. The number of hydrogen-bond acceptors (Lipinski definition) is 5. The van der Waals surface area contributed by atoms with E-state index in [1.165, 1.54) is 43.6 Å². The molecule has 2 fully saturated rings. The average Bonchev–Trinajstić information content (AvgIpc) is 3.21. The van der Waals surface area contributed by atoms with Gasteiger partial charge < -0.3 is 10.6 Å². The lowest BCUT2D eigenvalue weighted by Crippen LogP contribution is -2.59. The largest absolute Gasteiger partial charge is 0.434 e. The third kappa shape index (κ3) is 7.13. The molecular weight excluding hydrogens is 546 g/mol. The Morgan fingerprint density at radius 1 is 1.20 bits per heavy atom. The zero-order chi connectivity index (χ0) is 20.7. The Bertz CT molecular complexity index is 671. The first-order valence-electron chi connectivity index (χ1n) is 10.2. The lowest BCUT2D eigenvalue weighted by atomic mass is 9.80. The summed E-state index contributed by atoms with van der Waals surface area (Å²) in [7, 11) is 1.73. The number of halogens is 4. The van der Waals surface area contributed by atoms with E-state index >= 15 is 0 Å². The molecule has 1 aromatic rings. The van der Waals surface area contributed by atoms with Crippen LogP contribution in [0.5, 0.6) is 0 Å². The molecule has 2 N–H and O–H groups in total. The van der Waals surface area contributed by atoms with Gasteiger partial charge in [0.05, 0.1) is 5.01 Å². The van der Waals surface area contributed by atoms with Crippen LogP contribution >= 0.6 is 47.1 Å². The van der Waals surface area contributed by atoms with E-state index in [1.807, 2.05) is 11.8 Å². The van der Waals surface area contributed by atoms with E-state index in [2.05, 4.69) is 25.5 Å². The van der Waals surface area contributed by atoms with Gasteiger partial charge >= 0.3 is 6.18 Å². The highest BCUT2D eigenvalue weighted by Crippen LogP contribution is 2.35. The van der Waals surface area contributed by atoms with Crippen molar-refractivity contribution in [1.29, 1.82) is 0 Å². The molecule has 0 unspecified atom stereocenters. The number of hydrogen-bond donors (Lipinski definition) is 2. The van der Waals surface area contributed by atoms with Gasteiger partial charge in [-0.05, 0) is 12.8 Å². The third-order valence-electron chi connectivity index (χ3n) is 5.75. The van der Waals surface area contributed by atoms with Crippen molar-refractivity contribution in [1.82, 2.24) is 20.5 Å². The zero-order valence-electron chi connectivity index (χ0n) is 17.3. The molecule has 5 nitrogen and oxygen atoms in total. The van der Waals surface area contributed by atoms with Gasteiger partial charge in [-0.3, -0.25) is 9.89 Å². The molecular formula is C19H31F3IN5S2. The maximum atomic E-state index is 12.7. The first-order valence-corrected chi connectivity index (χ1v) is 12.3. The third-order valence-corrected chi connectivity index (χ3v) is 7.60. The minimum atomic E-state index is -4.37. The van der Waals surface area contributed by atoms with Gasteiger partial charge in [-0.1, -0.05) is 19.3 Å². The van der Waals surface area contributed by atoms with Gasteiger partial charge in [-0.25, -0.2) is 4.98 Å². The molecule has 0 spiro atoms. The topological polar surface area (TPSA) is 52.6 Å². The summed E-state index contributed by atoms with van der Waals surface area (Å²) in [5, 5.41) is 8.27. The van der Waals surface area contributed by atoms with Crippen molar-refractivity contribution in [3.05, 3.63) is 16.1 Å². The van der Waals surface area contributed by atoms with E-state index < -0.39 is 11.9 Å². The molecule has 30 heavy (non-hydrogen) atoms. The molecule has 1 aliphatic carbocycles. The van der Waals surface area contributed by atoms with Crippen LogP contribution in [0.3, 0.4) is 0 Å². The van der Waals surface area contributed by atoms with E-state index in [1.54, 1.807) is 7.05 Å². The Morgan fingerprint density at radius 3 is 2.50 bits per heavy atom. The van der Waals surface area contributed by atoms with Gasteiger partial charge in [-0.2, -0.15) is 24.9 Å². The van der Waals surface area contributed by atoms with E-state index in [0.717, 1.165) is 36.4 Å². The molecule has 0 radical (unpaired) electrons. The number of thioether (sulfide) groups is 1. The zero-order valence-corrected chi connectivity index (χ0v) is 21.2. The van der Waals surface area contributed by atoms with Crippen molar-refractivity contribution in [2.24, 2.45) is 4.99 Å². The highest BCUT2D eigenvalue weighted by molar-refractivity contribution is 14.0. The van der Waals surface area contributed by atoms with E-state index in [0.29, 0.717) is 23.9 Å². The average molecular weight is 578 g/mol. The molecule has 3 rings (SSSR count). The van der Waals surface area contributed by atoms with Crippen molar-refractivity contribution in [2.45, 2.75) is 50.2 Å². The van der Waals surface area contributed by atoms with Gasteiger partial charge in [0.25, 0.3) is 0 Å². The molecule has 172 valence electrons. The SMILES string of the molecule is CN=C(NCCc1nc(C(F)(F)F)cs1)NCC1(N2CCSCC2)CCCCC1.I. The lowest BCUT2D eigenvalue weighted by molar-refractivity contribution is -0.140. The summed E-state index contributed by atoms with van der Waals surface area (Å²) < 4.78 is 38.0. The molecule has 1 aromatic heterocycles. The highest BCUT2D eigenvalue weighted by Gasteiger charge is 2.38. The fourth-order valence-corrected chi connectivity index (χ4v) is 5.87. The molecule has 1 saturated heterocycles. The number of nitrogens with zero attached hydrogens (tertiary/aromatic N) is 3. The predicted molar refractivity (Wildman–Crippen MR) is 130 cm³/mol. The van der Waals surface area contributed by atoms with Gasteiger partial charge in [0.2, 0.25) is 0 Å². The molecule has 11 heteroatoms. The molecule has 0 aromatic carbocycles. The van der Waals surface area contributed by atoms with E-state index in [4.69, 9.17) is 0 Å². The van der Waals surface area contributed by atoms with Crippen molar-refractivity contribution in [3.8, 4) is 0 Å². The summed E-state index contributed by atoms with van der Waals surface area (Å²) in [6, 6.07) is 0. The number of alkyl halides is 3. The van der Waals surface area contributed by atoms with Gasteiger partial charge in [-0.15, -0.1) is 35.3 Å². The van der Waals surface area contributed by atoms with E-state index in [9.17, 15) is 13.2 Å². The van der Waals surface area contributed by atoms with Crippen molar-refractivity contribution in [3.63, 3.8) is 0 Å². The van der Waals surface area contributed by atoms with Crippen LogP contribution in [0.4, 0.5) is 13.2 Å². The van der Waals surface area contributed by atoms with Crippen LogP contribution in [0.15, 0.2) is 10.4 Å². The quantitative estimate of drug-likeness (QED) is 0.301. The van der Waals surface area contributed by atoms with E-state index in [-0.39, 0.29) is 29.5 Å². The van der Waals surface area contributed by atoms with Gasteiger partial charge in [0.15, 0.2) is 11.7 Å². The van der Waals surface area contributed by atoms with Gasteiger partial charge in [0.1, 0.15) is 0 Å². The fourth-order valence-electron chi connectivity index (χ4n) is 4.17. The van der Waals surface area contributed by atoms with Crippen LogP contribution in [-0.2, 0) is 12.6 Å². The van der Waals surface area contributed by atoms with Crippen molar-refractivity contribution >= 4 is 53.0 Å². The second kappa shape index (κ2) is 12.1. The monoisotopic (exact) mass is 577 g/mol. The molecule has 0 bridgehead atoms. The van der Waals surface area contributed by atoms with Gasteiger partial charge in [0, 0.05) is 62.1 Å². The maximum Gasteiger partial charge on any atom is 0.434 e. The summed E-state index contributed by atoms with van der Waals surface area (Å²) >= 11 is 3.08. The summed E-state index contributed by atoms with van der Waals surface area (Å²) in [4.78, 5) is 10.6.